The van der Waals surface area contributed by atoms with Gasteiger partial charge in [0, 0.05) is 12.3 Å². The Bertz CT molecular complexity index is 256. The van der Waals surface area contributed by atoms with Crippen LogP contribution in [0.4, 0.5) is 0 Å². The molecule has 14 heavy (non-hydrogen) atoms. The van der Waals surface area contributed by atoms with E-state index in [1.54, 1.807) is 0 Å². The molecule has 0 N–H and O–H groups in total. The minimum Gasteiger partial charge on any atom is -0.303 e. The molecule has 0 radical (unpaired) electrons. The third kappa shape index (κ3) is 2.08. The van der Waals surface area contributed by atoms with Gasteiger partial charge in [-0.2, -0.15) is 0 Å². The van der Waals surface area contributed by atoms with Crippen LogP contribution in [0.3, 0.4) is 0 Å². The zero-order valence-electron chi connectivity index (χ0n) is 8.91. The van der Waals surface area contributed by atoms with Crippen LogP contribution in [-0.4, -0.2) is 18.7 Å². The lowest BCUT2D eigenvalue weighted by molar-refractivity contribution is -0.113. The third-order valence-corrected chi connectivity index (χ3v) is 4.68. The van der Waals surface area contributed by atoms with Crippen LogP contribution in [0.1, 0.15) is 33.6 Å². The molecule has 0 amide bonds. The van der Waals surface area contributed by atoms with E-state index in [1.807, 2.05) is 13.8 Å². The van der Waals surface area contributed by atoms with E-state index in [-0.39, 0.29) is 5.41 Å². The second kappa shape index (κ2) is 4.13. The Hall–Kier alpha value is -0.180. The van der Waals surface area contributed by atoms with Gasteiger partial charge in [0.25, 0.3) is 0 Å². The second-order valence-electron chi connectivity index (χ2n) is 3.77. The van der Waals surface area contributed by atoms with Crippen molar-refractivity contribution in [2.45, 2.75) is 33.6 Å². The molecule has 5 heteroatoms. The smallest absolute Gasteiger partial charge is 0.303 e. The van der Waals surface area contributed by atoms with Gasteiger partial charge in [0.05, 0.1) is 13.2 Å². The molecule has 1 heterocycles. The molecule has 1 rings (SSSR count). The molecular weight excluding hydrogens is 203 g/mol. The number of carbonyl (C=O) groups is 1. The summed E-state index contributed by atoms with van der Waals surface area (Å²) in [6.07, 6.45) is 1.81. The van der Waals surface area contributed by atoms with Gasteiger partial charge in [0.15, 0.2) is 0 Å². The largest absolute Gasteiger partial charge is 0.396 e. The highest BCUT2D eigenvalue weighted by molar-refractivity contribution is 7.71. The Morgan fingerprint density at radius 2 is 1.71 bits per heavy atom. The summed E-state index contributed by atoms with van der Waals surface area (Å²) in [6, 6.07) is 0. The summed E-state index contributed by atoms with van der Waals surface area (Å²) in [6.45, 7) is 6.04. The molecule has 0 atom stereocenters. The summed E-state index contributed by atoms with van der Waals surface area (Å²) in [5.41, 5.74) is -0.568. The van der Waals surface area contributed by atoms with Crippen molar-refractivity contribution in [3.63, 3.8) is 0 Å². The van der Waals surface area contributed by atoms with Gasteiger partial charge in [0.2, 0.25) is 5.52 Å². The van der Waals surface area contributed by atoms with Gasteiger partial charge < -0.3 is 9.05 Å². The molecule has 4 nitrogen and oxygen atoms in total. The fourth-order valence-corrected chi connectivity index (χ4v) is 2.69. The normalized spacial score (nSPS) is 24.5. The first kappa shape index (κ1) is 11.9. The van der Waals surface area contributed by atoms with Gasteiger partial charge in [-0.3, -0.25) is 9.36 Å². The lowest BCUT2D eigenvalue weighted by atomic mass is 9.84. The molecule has 1 aliphatic heterocycles. The maximum Gasteiger partial charge on any atom is 0.396 e. The van der Waals surface area contributed by atoms with Gasteiger partial charge in [-0.05, 0) is 12.8 Å². The van der Waals surface area contributed by atoms with E-state index in [1.165, 1.54) is 6.92 Å². The molecule has 0 saturated carbocycles. The first-order valence-electron chi connectivity index (χ1n) is 4.88. The van der Waals surface area contributed by atoms with Crippen molar-refractivity contribution in [2.24, 2.45) is 5.41 Å². The average Bonchev–Trinajstić information content (AvgIpc) is 2.20. The van der Waals surface area contributed by atoms with Crippen LogP contribution < -0.4 is 0 Å². The predicted octanol–water partition coefficient (Wildman–Crippen LogP) is 2.58. The molecule has 0 aromatic carbocycles. The van der Waals surface area contributed by atoms with E-state index >= 15 is 0 Å². The number of rotatable bonds is 3. The minimum absolute atomic E-state index is 0.0661. The molecule has 0 bridgehead atoms. The van der Waals surface area contributed by atoms with E-state index in [4.69, 9.17) is 9.05 Å². The van der Waals surface area contributed by atoms with Crippen LogP contribution in [0.5, 0.6) is 0 Å². The summed E-state index contributed by atoms with van der Waals surface area (Å²) >= 11 is 0. The summed E-state index contributed by atoms with van der Waals surface area (Å²) in [4.78, 5) is 11.0. The van der Waals surface area contributed by atoms with Crippen LogP contribution in [0.2, 0.25) is 0 Å². The lowest BCUT2D eigenvalue weighted by Crippen LogP contribution is -2.35. The standard InChI is InChI=1S/C9H17O4P/c1-4-9(5-2)6-12-14(11,8(3)10)13-7-9/h4-7H2,1-3H3. The molecule has 1 aliphatic rings. The van der Waals surface area contributed by atoms with Crippen molar-refractivity contribution in [1.29, 1.82) is 0 Å². The second-order valence-corrected chi connectivity index (χ2v) is 5.91. The summed E-state index contributed by atoms with van der Waals surface area (Å²) in [5, 5.41) is 0. The van der Waals surface area contributed by atoms with Crippen LogP contribution in [0.25, 0.3) is 0 Å². The summed E-state index contributed by atoms with van der Waals surface area (Å²) < 4.78 is 21.9. The topological polar surface area (TPSA) is 52.6 Å². The molecule has 0 aromatic heterocycles. The van der Waals surface area contributed by atoms with Crippen LogP contribution in [0.15, 0.2) is 0 Å². The van der Waals surface area contributed by atoms with Gasteiger partial charge in [0.1, 0.15) is 0 Å². The summed E-state index contributed by atoms with van der Waals surface area (Å²) in [7, 11) is -3.43. The lowest BCUT2D eigenvalue weighted by Gasteiger charge is -2.37. The Morgan fingerprint density at radius 3 is 2.00 bits per heavy atom. The fraction of sp³-hybridized carbons (Fsp3) is 0.889. The van der Waals surface area contributed by atoms with Crippen LogP contribution >= 0.6 is 7.60 Å². The quantitative estimate of drug-likeness (QED) is 0.686. The average molecular weight is 220 g/mol. The molecule has 0 spiro atoms. The van der Waals surface area contributed by atoms with E-state index in [9.17, 15) is 9.36 Å². The van der Waals surface area contributed by atoms with Gasteiger partial charge in [-0.15, -0.1) is 0 Å². The molecule has 0 aliphatic carbocycles. The van der Waals surface area contributed by atoms with Crippen molar-refractivity contribution in [2.75, 3.05) is 13.2 Å². The molecule has 1 fully saturated rings. The third-order valence-electron chi connectivity index (χ3n) is 2.97. The number of hydrogen-bond donors (Lipinski definition) is 0. The predicted molar refractivity (Wildman–Crippen MR) is 53.2 cm³/mol. The van der Waals surface area contributed by atoms with Crippen molar-refractivity contribution in [1.82, 2.24) is 0 Å². The first-order chi connectivity index (χ1) is 6.48. The highest BCUT2D eigenvalue weighted by atomic mass is 31.2. The maximum absolute atomic E-state index is 11.7. The zero-order chi connectivity index (χ0) is 10.8. The van der Waals surface area contributed by atoms with Crippen molar-refractivity contribution < 1.29 is 18.4 Å². The molecule has 82 valence electrons. The fourth-order valence-electron chi connectivity index (χ4n) is 1.36. The first-order valence-corrected chi connectivity index (χ1v) is 6.42. The maximum atomic E-state index is 11.7. The number of carbonyl (C=O) groups excluding carboxylic acids is 1. The Balaban J connectivity index is 2.70. The Morgan fingerprint density at radius 1 is 1.29 bits per heavy atom. The SMILES string of the molecule is CCC1(CC)COP(=O)(C(C)=O)OC1. The van der Waals surface area contributed by atoms with E-state index < -0.39 is 13.1 Å². The van der Waals surface area contributed by atoms with E-state index in [0.717, 1.165) is 12.8 Å². The van der Waals surface area contributed by atoms with Gasteiger partial charge in [-0.25, -0.2) is 0 Å². The van der Waals surface area contributed by atoms with E-state index in [0.29, 0.717) is 13.2 Å². The van der Waals surface area contributed by atoms with Crippen molar-refractivity contribution in [3.8, 4) is 0 Å². The monoisotopic (exact) mass is 220 g/mol. The van der Waals surface area contributed by atoms with Crippen molar-refractivity contribution >= 4 is 13.1 Å². The number of hydrogen-bond acceptors (Lipinski definition) is 4. The van der Waals surface area contributed by atoms with Crippen LogP contribution in [-0.2, 0) is 18.4 Å². The highest BCUT2D eigenvalue weighted by Crippen LogP contribution is 2.55. The van der Waals surface area contributed by atoms with E-state index in [2.05, 4.69) is 0 Å². The highest BCUT2D eigenvalue weighted by Gasteiger charge is 2.42. The molecule has 0 unspecified atom stereocenters. The minimum atomic E-state index is -3.43. The summed E-state index contributed by atoms with van der Waals surface area (Å²) in [5.74, 6) is 0. The zero-order valence-corrected chi connectivity index (χ0v) is 9.80. The Kier molecular flexibility index (Phi) is 3.51. The molecule has 1 saturated heterocycles. The Labute approximate surface area is 84.5 Å². The molecule has 0 aromatic rings. The molecular formula is C9H17O4P. The van der Waals surface area contributed by atoms with Crippen LogP contribution in [0, 0.1) is 5.41 Å². The van der Waals surface area contributed by atoms with Gasteiger partial charge >= 0.3 is 7.60 Å². The van der Waals surface area contributed by atoms with Crippen molar-refractivity contribution in [3.05, 3.63) is 0 Å². The van der Waals surface area contributed by atoms with Gasteiger partial charge in [-0.1, -0.05) is 13.8 Å².